The third-order valence-corrected chi connectivity index (χ3v) is 4.57. The van der Waals surface area contributed by atoms with Gasteiger partial charge in [0.1, 0.15) is 5.75 Å². The Kier molecular flexibility index (Phi) is 6.83. The highest BCUT2D eigenvalue weighted by Crippen LogP contribution is 2.15. The van der Waals surface area contributed by atoms with E-state index in [1.54, 1.807) is 80.8 Å². The SMILES string of the molecule is COc1ccc(C(=O)N/N=C(/C)c2cccc(NC(=O)c3ccc(Cl)cc3)c2)cc1. The van der Waals surface area contributed by atoms with Gasteiger partial charge >= 0.3 is 0 Å². The quantitative estimate of drug-likeness (QED) is 0.445. The normalized spacial score (nSPS) is 11.0. The molecule has 2 N–H and O–H groups in total. The van der Waals surface area contributed by atoms with E-state index in [-0.39, 0.29) is 11.8 Å². The molecule has 0 aliphatic heterocycles. The summed E-state index contributed by atoms with van der Waals surface area (Å²) in [5.74, 6) is 0.0964. The van der Waals surface area contributed by atoms with E-state index < -0.39 is 0 Å². The van der Waals surface area contributed by atoms with Crippen LogP contribution in [0.25, 0.3) is 0 Å². The molecule has 0 aliphatic rings. The lowest BCUT2D eigenvalue weighted by atomic mass is 10.1. The number of hydrazone groups is 1. The smallest absolute Gasteiger partial charge is 0.271 e. The van der Waals surface area contributed by atoms with E-state index >= 15 is 0 Å². The van der Waals surface area contributed by atoms with Crippen molar-refractivity contribution < 1.29 is 14.3 Å². The van der Waals surface area contributed by atoms with Crippen LogP contribution >= 0.6 is 11.6 Å². The van der Waals surface area contributed by atoms with Crippen LogP contribution in [0.5, 0.6) is 5.75 Å². The Balaban J connectivity index is 1.67. The van der Waals surface area contributed by atoms with Gasteiger partial charge in [0.05, 0.1) is 12.8 Å². The minimum atomic E-state index is -0.329. The molecule has 0 spiro atoms. The highest BCUT2D eigenvalue weighted by Gasteiger charge is 2.08. The van der Waals surface area contributed by atoms with Crippen LogP contribution < -0.4 is 15.5 Å². The van der Waals surface area contributed by atoms with Crippen LogP contribution in [0.4, 0.5) is 5.69 Å². The Labute approximate surface area is 179 Å². The summed E-state index contributed by atoms with van der Waals surface area (Å²) in [4.78, 5) is 24.6. The summed E-state index contributed by atoms with van der Waals surface area (Å²) in [6.45, 7) is 1.77. The summed E-state index contributed by atoms with van der Waals surface area (Å²) >= 11 is 5.86. The van der Waals surface area contributed by atoms with Crippen molar-refractivity contribution in [1.82, 2.24) is 5.43 Å². The van der Waals surface area contributed by atoms with Crippen LogP contribution in [-0.2, 0) is 0 Å². The van der Waals surface area contributed by atoms with Crippen molar-refractivity contribution in [1.29, 1.82) is 0 Å². The standard InChI is InChI=1S/C23H20ClN3O3/c1-15(26-27-23(29)17-8-12-21(30-2)13-9-17)18-4-3-5-20(14-18)25-22(28)16-6-10-19(24)11-7-16/h3-14H,1-2H3,(H,25,28)(H,27,29)/b26-15-. The third-order valence-electron chi connectivity index (χ3n) is 4.32. The van der Waals surface area contributed by atoms with E-state index in [2.05, 4.69) is 15.8 Å². The van der Waals surface area contributed by atoms with Gasteiger partial charge in [0.25, 0.3) is 11.8 Å². The molecule has 0 aliphatic carbocycles. The molecule has 7 heteroatoms. The number of methoxy groups -OCH3 is 1. The number of halogens is 1. The number of carbonyl (C=O) groups is 2. The predicted molar refractivity (Wildman–Crippen MR) is 119 cm³/mol. The number of amides is 2. The van der Waals surface area contributed by atoms with Crippen LogP contribution in [0.1, 0.15) is 33.2 Å². The van der Waals surface area contributed by atoms with Gasteiger partial charge in [-0.2, -0.15) is 5.10 Å². The topological polar surface area (TPSA) is 79.8 Å². The molecule has 3 aromatic carbocycles. The molecule has 0 heterocycles. The van der Waals surface area contributed by atoms with Crippen LogP contribution in [0.15, 0.2) is 77.9 Å². The monoisotopic (exact) mass is 421 g/mol. The molecule has 0 unspecified atom stereocenters. The van der Waals surface area contributed by atoms with E-state index in [9.17, 15) is 9.59 Å². The van der Waals surface area contributed by atoms with Crippen molar-refractivity contribution in [3.05, 3.63) is 94.5 Å². The number of hydrogen-bond acceptors (Lipinski definition) is 4. The van der Waals surface area contributed by atoms with Crippen molar-refractivity contribution in [2.45, 2.75) is 6.92 Å². The van der Waals surface area contributed by atoms with E-state index in [4.69, 9.17) is 16.3 Å². The average molecular weight is 422 g/mol. The first-order valence-electron chi connectivity index (χ1n) is 9.12. The van der Waals surface area contributed by atoms with Crippen molar-refractivity contribution in [2.24, 2.45) is 5.10 Å². The molecule has 152 valence electrons. The van der Waals surface area contributed by atoms with Crippen LogP contribution in [-0.4, -0.2) is 24.6 Å². The van der Waals surface area contributed by atoms with Gasteiger partial charge in [-0.05, 0) is 73.2 Å². The van der Waals surface area contributed by atoms with Crippen LogP contribution in [0, 0.1) is 0 Å². The Morgan fingerprint density at radius 1 is 0.867 bits per heavy atom. The molecule has 0 saturated heterocycles. The molecule has 3 aromatic rings. The van der Waals surface area contributed by atoms with Crippen molar-refractivity contribution in [2.75, 3.05) is 12.4 Å². The lowest BCUT2D eigenvalue weighted by Crippen LogP contribution is -2.19. The number of hydrogen-bond donors (Lipinski definition) is 2. The van der Waals surface area contributed by atoms with Gasteiger partial charge < -0.3 is 10.1 Å². The minimum absolute atomic E-state index is 0.244. The molecule has 6 nitrogen and oxygen atoms in total. The average Bonchev–Trinajstić information content (AvgIpc) is 2.78. The zero-order valence-electron chi connectivity index (χ0n) is 16.5. The number of nitrogens with one attached hydrogen (secondary N) is 2. The molecule has 0 atom stereocenters. The second-order valence-electron chi connectivity index (χ2n) is 6.41. The molecular weight excluding hydrogens is 402 g/mol. The van der Waals surface area contributed by atoms with E-state index in [0.717, 1.165) is 5.56 Å². The Morgan fingerprint density at radius 3 is 2.17 bits per heavy atom. The maximum atomic E-state index is 12.4. The first-order chi connectivity index (χ1) is 14.5. The lowest BCUT2D eigenvalue weighted by molar-refractivity contribution is 0.0954. The fraction of sp³-hybridized carbons (Fsp3) is 0.0870. The van der Waals surface area contributed by atoms with Gasteiger partial charge in [-0.15, -0.1) is 0 Å². The second kappa shape index (κ2) is 9.71. The maximum absolute atomic E-state index is 12.4. The molecule has 0 radical (unpaired) electrons. The first-order valence-corrected chi connectivity index (χ1v) is 9.50. The minimum Gasteiger partial charge on any atom is -0.497 e. The number of anilines is 1. The highest BCUT2D eigenvalue weighted by atomic mass is 35.5. The fourth-order valence-corrected chi connectivity index (χ4v) is 2.76. The van der Waals surface area contributed by atoms with E-state index in [0.29, 0.717) is 33.3 Å². The molecule has 30 heavy (non-hydrogen) atoms. The van der Waals surface area contributed by atoms with Crippen LogP contribution in [0.2, 0.25) is 5.02 Å². The summed E-state index contributed by atoms with van der Waals surface area (Å²) in [7, 11) is 1.56. The zero-order chi connectivity index (χ0) is 21.5. The summed E-state index contributed by atoms with van der Waals surface area (Å²) in [5, 5.41) is 7.56. The molecule has 2 amide bonds. The van der Waals surface area contributed by atoms with Crippen molar-refractivity contribution in [3.8, 4) is 5.75 Å². The van der Waals surface area contributed by atoms with Crippen molar-refractivity contribution >= 4 is 34.8 Å². The molecule has 0 saturated carbocycles. The lowest BCUT2D eigenvalue weighted by Gasteiger charge is -2.08. The molecule has 0 aromatic heterocycles. The molecule has 0 bridgehead atoms. The number of carbonyl (C=O) groups excluding carboxylic acids is 2. The summed E-state index contributed by atoms with van der Waals surface area (Å²) < 4.78 is 5.08. The van der Waals surface area contributed by atoms with Gasteiger partial charge in [0, 0.05) is 21.8 Å². The second-order valence-corrected chi connectivity index (χ2v) is 6.84. The Hall–Kier alpha value is -3.64. The summed E-state index contributed by atoms with van der Waals surface area (Å²) in [5.41, 5.74) is 5.48. The number of rotatable bonds is 6. The van der Waals surface area contributed by atoms with Gasteiger partial charge in [0.2, 0.25) is 0 Å². The number of benzene rings is 3. The summed E-state index contributed by atoms with van der Waals surface area (Å²) in [6.07, 6.45) is 0. The van der Waals surface area contributed by atoms with Gasteiger partial charge in [-0.1, -0.05) is 23.7 Å². The first kappa shape index (κ1) is 21.1. The number of nitrogens with zero attached hydrogens (tertiary/aromatic N) is 1. The molecule has 3 rings (SSSR count). The van der Waals surface area contributed by atoms with Gasteiger partial charge in [0.15, 0.2) is 0 Å². The third kappa shape index (κ3) is 5.46. The Bertz CT molecular complexity index is 1080. The van der Waals surface area contributed by atoms with E-state index in [1.807, 2.05) is 6.07 Å². The maximum Gasteiger partial charge on any atom is 0.271 e. The predicted octanol–water partition coefficient (Wildman–Crippen LogP) is 4.75. The van der Waals surface area contributed by atoms with E-state index in [1.165, 1.54) is 0 Å². The largest absolute Gasteiger partial charge is 0.497 e. The summed E-state index contributed by atoms with van der Waals surface area (Å²) in [6, 6.07) is 20.6. The van der Waals surface area contributed by atoms with Crippen LogP contribution in [0.3, 0.4) is 0 Å². The number of ether oxygens (including phenoxy) is 1. The van der Waals surface area contributed by atoms with Gasteiger partial charge in [-0.25, -0.2) is 5.43 Å². The molecular formula is C23H20ClN3O3. The molecule has 0 fully saturated rings. The van der Waals surface area contributed by atoms with Gasteiger partial charge in [-0.3, -0.25) is 9.59 Å². The zero-order valence-corrected chi connectivity index (χ0v) is 17.2. The van der Waals surface area contributed by atoms with Crippen molar-refractivity contribution in [3.63, 3.8) is 0 Å². The Morgan fingerprint density at radius 2 is 1.50 bits per heavy atom. The fourth-order valence-electron chi connectivity index (χ4n) is 2.63. The highest BCUT2D eigenvalue weighted by molar-refractivity contribution is 6.30.